The van der Waals surface area contributed by atoms with Crippen molar-refractivity contribution >= 4 is 71.6 Å². The Hall–Kier alpha value is -10.1. The predicted molar refractivity (Wildman–Crippen MR) is 378 cm³/mol. The lowest BCUT2D eigenvalue weighted by atomic mass is 9.92. The zero-order valence-corrected chi connectivity index (χ0v) is 60.7. The molecule has 4 rings (SSSR count). The maximum absolute atomic E-state index is 11.0. The molecule has 0 spiro atoms. The van der Waals surface area contributed by atoms with Crippen LogP contribution in [-0.4, -0.2) is 149 Å². The fourth-order valence-corrected chi connectivity index (χ4v) is 7.73. The van der Waals surface area contributed by atoms with Gasteiger partial charge in [0.05, 0.1) is 44.6 Å². The molecule has 1 heterocycles. The van der Waals surface area contributed by atoms with Crippen molar-refractivity contribution in [2.24, 2.45) is 29.6 Å². The van der Waals surface area contributed by atoms with E-state index in [1.54, 1.807) is 50.4 Å². The number of hydrogen-bond donors (Lipinski definition) is 13. The Balaban J connectivity index is -0.000000343. The first-order chi connectivity index (χ1) is 45.9. The minimum absolute atomic E-state index is 0.0181. The molecule has 26 nitrogen and oxygen atoms in total. The number of allylic oxidation sites excluding steroid dienone is 1. The highest BCUT2D eigenvalue weighted by Crippen LogP contribution is 2.26. The Morgan fingerprint density at radius 2 is 0.840 bits per heavy atom. The number of aliphatic carboxylic acids is 5. The molecule has 0 aliphatic carbocycles. The number of pyridine rings is 1. The summed E-state index contributed by atoms with van der Waals surface area (Å²) in [4.78, 5) is 130. The molecular weight excluding hydrogens is 1300 g/mol. The van der Waals surface area contributed by atoms with Crippen LogP contribution in [0.1, 0.15) is 288 Å². The number of aromatic carboxylic acids is 7. The molecule has 0 bridgehead atoms. The van der Waals surface area contributed by atoms with E-state index in [2.05, 4.69) is 25.4 Å². The molecule has 3 aromatic carbocycles. The Morgan fingerprint density at radius 1 is 0.420 bits per heavy atom. The van der Waals surface area contributed by atoms with Gasteiger partial charge in [0.15, 0.2) is 6.10 Å². The van der Waals surface area contributed by atoms with Crippen molar-refractivity contribution in [3.05, 3.63) is 159 Å². The third-order valence-electron chi connectivity index (χ3n) is 12.8. The number of carboxylic acid groups (broad SMARTS) is 12. The number of aliphatic hydroxyl groups excluding tert-OH is 1. The minimum atomic E-state index is -1.47. The standard InChI is InChI=1S/C12H12O6.C11H12O4.C10H12O2.C9H11NO2.C7H12O2.C7H14O2.C6H12O3.C6H12O2.C6H10O2/c1-5(2)6-3-8(11(15)16)9(12(17)18)4-7(6)10(13)14;1-6(2)9-5-7(10(12)13)3-4-8(9)11(14)15;1-7(2)8-5-3-4-6-9(8)10(11)12;1-6(2)8-7(9(11)12)4-3-5-10-8;1-5(2)4-6(3)7(8)9;1-6(2)4-3-5-7(8)9;1-4(2)3-5(7)6(8)9;2*1-5(2)3-4-6(7)8/h3-5H,1-2H3,(H,13,14)(H,15,16)(H,17,18);3-6H,1-2H3,(H,12,13)(H,14,15);3-7H,1-2H3,(H,11,12);3-6H,1-2H3,(H,11,12);5H,3-4H2,1-2H3,(H,8,9);6H,3-5H2,1-2H3,(H,8,9);4-5,7H,3H2,1-2H3,(H,8,9);5H,3-4H2,1-2H3,(H,7,8);3-5H,1-2H3,(H,7,8)/b;;;;;;;;4-3-. The van der Waals surface area contributed by atoms with E-state index in [1.807, 2.05) is 109 Å². The first kappa shape index (κ1) is 98.6. The molecule has 4 aromatic rings. The van der Waals surface area contributed by atoms with Crippen molar-refractivity contribution in [2.75, 3.05) is 0 Å². The normalized spacial score (nSPS) is 10.6. The van der Waals surface area contributed by atoms with Crippen LogP contribution in [0.25, 0.3) is 0 Å². The largest absolute Gasteiger partial charge is 0.481 e. The fourth-order valence-electron chi connectivity index (χ4n) is 7.73. The van der Waals surface area contributed by atoms with Crippen molar-refractivity contribution in [1.29, 1.82) is 0 Å². The molecule has 1 unspecified atom stereocenters. The number of aromatic nitrogens is 1. The summed E-state index contributed by atoms with van der Waals surface area (Å²) in [5.74, 6) is -10.0. The Kier molecular flexibility index (Phi) is 52.2. The first-order valence-corrected chi connectivity index (χ1v) is 32.0. The van der Waals surface area contributed by atoms with Gasteiger partial charge in [-0.05, 0) is 144 Å². The molecule has 1 aromatic heterocycles. The summed E-state index contributed by atoms with van der Waals surface area (Å²) in [6.07, 6.45) is 7.37. The summed E-state index contributed by atoms with van der Waals surface area (Å²) in [5.41, 5.74) is 2.54. The van der Waals surface area contributed by atoms with Crippen molar-refractivity contribution in [1.82, 2.24) is 4.98 Å². The van der Waals surface area contributed by atoms with Crippen LogP contribution in [-0.2, 0) is 24.0 Å². The van der Waals surface area contributed by atoms with Crippen molar-refractivity contribution < 1.29 is 124 Å². The van der Waals surface area contributed by atoms with E-state index >= 15 is 0 Å². The third kappa shape index (κ3) is 48.6. The van der Waals surface area contributed by atoms with Gasteiger partial charge in [0, 0.05) is 30.7 Å². The van der Waals surface area contributed by atoms with Gasteiger partial charge < -0.3 is 66.4 Å². The Labute approximate surface area is 585 Å². The highest BCUT2D eigenvalue weighted by atomic mass is 16.4. The van der Waals surface area contributed by atoms with Crippen molar-refractivity contribution in [2.45, 2.75) is 199 Å². The number of benzene rings is 3. The summed E-state index contributed by atoms with van der Waals surface area (Å²) >= 11 is 0. The smallest absolute Gasteiger partial charge is 0.337 e. The zero-order valence-electron chi connectivity index (χ0n) is 60.7. The van der Waals surface area contributed by atoms with Crippen molar-refractivity contribution in [3.63, 3.8) is 0 Å². The van der Waals surface area contributed by atoms with Crippen LogP contribution in [0, 0.1) is 29.6 Å². The maximum Gasteiger partial charge on any atom is 0.337 e. The molecule has 0 radical (unpaired) electrons. The second-order valence-corrected chi connectivity index (χ2v) is 25.5. The van der Waals surface area contributed by atoms with Crippen LogP contribution in [0.4, 0.5) is 0 Å². The van der Waals surface area contributed by atoms with Crippen LogP contribution < -0.4 is 0 Å². The lowest BCUT2D eigenvalue weighted by Gasteiger charge is -2.12. The number of carboxylic acids is 12. The number of carbonyl (C=O) groups is 12. The van der Waals surface area contributed by atoms with Crippen LogP contribution in [0.5, 0.6) is 0 Å². The highest BCUT2D eigenvalue weighted by molar-refractivity contribution is 6.04. The van der Waals surface area contributed by atoms with Crippen LogP contribution in [0.15, 0.2) is 97.2 Å². The number of rotatable bonds is 26. The van der Waals surface area contributed by atoms with Crippen LogP contribution >= 0.6 is 0 Å². The average Bonchev–Trinajstić information content (AvgIpc) is 0.804. The summed E-state index contributed by atoms with van der Waals surface area (Å²) in [7, 11) is 0. The number of nitrogens with zero attached hydrogens (tertiary/aromatic N) is 1. The maximum atomic E-state index is 11.0. The van der Waals surface area contributed by atoms with Gasteiger partial charge in [-0.3, -0.25) is 14.6 Å². The zero-order chi connectivity index (χ0) is 79.2. The Bertz CT molecular complexity index is 3230. The third-order valence-corrected chi connectivity index (χ3v) is 12.8. The molecule has 13 N–H and O–H groups in total. The van der Waals surface area contributed by atoms with E-state index in [4.69, 9.17) is 66.4 Å². The molecule has 0 aliphatic heterocycles. The molecular formula is C74H107NO25. The van der Waals surface area contributed by atoms with Crippen LogP contribution in [0.3, 0.4) is 0 Å². The summed E-state index contributed by atoms with van der Waals surface area (Å²) in [5, 5.41) is 112. The fraction of sp³-hybridized carbons (Fsp3) is 0.473. The van der Waals surface area contributed by atoms with Gasteiger partial charge in [0.1, 0.15) is 0 Å². The second kappa shape index (κ2) is 52.9. The number of hydrogen-bond acceptors (Lipinski definition) is 14. The molecule has 26 heteroatoms. The van der Waals surface area contributed by atoms with E-state index in [9.17, 15) is 57.5 Å². The summed E-state index contributed by atoms with van der Waals surface area (Å²) in [6.45, 7) is 38.0. The van der Waals surface area contributed by atoms with E-state index in [0.29, 0.717) is 82.9 Å². The SMILES string of the molecule is C=C(CC(C)C)C(=O)O.CC(C)/C=C\C(=O)O.CC(C)CC(O)C(=O)O.CC(C)CCC(=O)O.CC(C)CCCC(=O)O.CC(C)c1cc(C(=O)O)c(C(=O)O)cc1C(=O)O.CC(C)c1cc(C(=O)O)ccc1C(=O)O.CC(C)c1ccccc1C(=O)O.CC(C)c1ncccc1C(=O)O. The van der Waals surface area contributed by atoms with E-state index in [0.717, 1.165) is 43.0 Å². The van der Waals surface area contributed by atoms with Gasteiger partial charge >= 0.3 is 71.6 Å². The van der Waals surface area contributed by atoms with E-state index in [1.165, 1.54) is 18.2 Å². The Morgan fingerprint density at radius 3 is 1.13 bits per heavy atom. The average molecular weight is 1410 g/mol. The topological polar surface area (TPSA) is 481 Å². The highest BCUT2D eigenvalue weighted by Gasteiger charge is 2.24. The van der Waals surface area contributed by atoms with Gasteiger partial charge in [0.25, 0.3) is 0 Å². The molecule has 0 aliphatic rings. The lowest BCUT2D eigenvalue weighted by Crippen LogP contribution is -2.21. The lowest BCUT2D eigenvalue weighted by molar-refractivity contribution is -0.147. The van der Waals surface area contributed by atoms with E-state index < -0.39 is 88.9 Å². The quantitative estimate of drug-likeness (QED) is 0.0260. The van der Waals surface area contributed by atoms with Crippen molar-refractivity contribution in [3.8, 4) is 0 Å². The molecule has 100 heavy (non-hydrogen) atoms. The molecule has 0 amide bonds. The van der Waals surface area contributed by atoms with Gasteiger partial charge in [-0.25, -0.2) is 47.9 Å². The van der Waals surface area contributed by atoms with E-state index in [-0.39, 0.29) is 46.3 Å². The first-order valence-electron chi connectivity index (χ1n) is 32.0. The van der Waals surface area contributed by atoms with Gasteiger partial charge in [-0.1, -0.05) is 162 Å². The number of aliphatic hydroxyl groups is 1. The van der Waals surface area contributed by atoms with Gasteiger partial charge in [0.2, 0.25) is 0 Å². The minimum Gasteiger partial charge on any atom is -0.481 e. The summed E-state index contributed by atoms with van der Waals surface area (Å²) < 4.78 is 0. The monoisotopic (exact) mass is 1410 g/mol. The van der Waals surface area contributed by atoms with Gasteiger partial charge in [-0.2, -0.15) is 0 Å². The molecule has 0 fully saturated rings. The molecule has 0 saturated heterocycles. The molecule has 0 saturated carbocycles. The summed E-state index contributed by atoms with van der Waals surface area (Å²) in [6, 6.07) is 16.4. The van der Waals surface area contributed by atoms with Gasteiger partial charge in [-0.15, -0.1) is 0 Å². The van der Waals surface area contributed by atoms with Crippen LogP contribution in [0.2, 0.25) is 0 Å². The predicted octanol–water partition coefficient (Wildman–Crippen LogP) is 15.4. The molecule has 1 atom stereocenters. The molecule has 558 valence electrons. The second-order valence-electron chi connectivity index (χ2n) is 25.5.